The minimum Gasteiger partial charge on any atom is -0.496 e. The third kappa shape index (κ3) is 3.83. The number of piperidine rings is 1. The van der Waals surface area contributed by atoms with Crippen LogP contribution in [0, 0.1) is 6.92 Å². The number of aryl methyl sites for hydroxylation is 1. The average Bonchev–Trinajstić information content (AvgIpc) is 3.29. The monoisotopic (exact) mass is 409 g/mol. The number of ether oxygens (including phenoxy) is 2. The maximum Gasteiger partial charge on any atom is 0.278 e. The van der Waals surface area contributed by atoms with Crippen LogP contribution in [0.1, 0.15) is 40.6 Å². The van der Waals surface area contributed by atoms with E-state index in [9.17, 15) is 4.79 Å². The topological polar surface area (TPSA) is 103 Å². The molecular formula is C21H23N5O4. The Bertz CT molecular complexity index is 1000. The molecule has 0 bridgehead atoms. The van der Waals surface area contributed by atoms with Crippen molar-refractivity contribution in [2.24, 2.45) is 0 Å². The van der Waals surface area contributed by atoms with E-state index in [1.807, 2.05) is 11.8 Å². The summed E-state index contributed by atoms with van der Waals surface area (Å²) in [6.07, 6.45) is 4.76. The van der Waals surface area contributed by atoms with Crippen molar-refractivity contribution in [3.8, 4) is 23.1 Å². The Labute approximate surface area is 174 Å². The van der Waals surface area contributed by atoms with Crippen molar-refractivity contribution in [3.63, 3.8) is 0 Å². The molecule has 3 aromatic rings. The molecule has 1 aromatic carbocycles. The molecule has 1 aliphatic heterocycles. The SMILES string of the molecule is COc1cccc(OC)c1C(=O)N1CCC(c2noc(-c3cnc(C)cn3)n2)CC1. The lowest BCUT2D eigenvalue weighted by Gasteiger charge is -2.31. The molecule has 1 amide bonds. The zero-order valence-electron chi connectivity index (χ0n) is 17.2. The number of amides is 1. The summed E-state index contributed by atoms with van der Waals surface area (Å²) in [7, 11) is 3.09. The van der Waals surface area contributed by atoms with Crippen molar-refractivity contribution in [2.45, 2.75) is 25.7 Å². The van der Waals surface area contributed by atoms with Gasteiger partial charge in [0, 0.05) is 25.2 Å². The van der Waals surface area contributed by atoms with E-state index in [0.717, 1.165) is 18.5 Å². The molecule has 0 unspecified atom stereocenters. The third-order valence-electron chi connectivity index (χ3n) is 5.23. The number of aromatic nitrogens is 4. The first-order chi connectivity index (χ1) is 14.6. The molecule has 1 fully saturated rings. The van der Waals surface area contributed by atoms with Crippen LogP contribution in [0.15, 0.2) is 35.1 Å². The number of carbonyl (C=O) groups excluding carboxylic acids is 1. The molecule has 9 nitrogen and oxygen atoms in total. The van der Waals surface area contributed by atoms with Crippen molar-refractivity contribution < 1.29 is 18.8 Å². The van der Waals surface area contributed by atoms with Gasteiger partial charge < -0.3 is 18.9 Å². The van der Waals surface area contributed by atoms with Crippen LogP contribution in [-0.2, 0) is 0 Å². The van der Waals surface area contributed by atoms with Crippen LogP contribution < -0.4 is 9.47 Å². The van der Waals surface area contributed by atoms with E-state index in [1.54, 1.807) is 44.8 Å². The van der Waals surface area contributed by atoms with Crippen LogP contribution in [0.2, 0.25) is 0 Å². The molecule has 0 N–H and O–H groups in total. The number of nitrogens with zero attached hydrogens (tertiary/aromatic N) is 5. The van der Waals surface area contributed by atoms with Crippen molar-refractivity contribution in [1.29, 1.82) is 0 Å². The molecule has 1 saturated heterocycles. The number of rotatable bonds is 5. The van der Waals surface area contributed by atoms with E-state index < -0.39 is 0 Å². The Morgan fingerprint density at radius 1 is 1.10 bits per heavy atom. The normalized spacial score (nSPS) is 14.6. The molecule has 0 spiro atoms. The highest BCUT2D eigenvalue weighted by Gasteiger charge is 2.30. The van der Waals surface area contributed by atoms with Crippen molar-refractivity contribution in [2.75, 3.05) is 27.3 Å². The summed E-state index contributed by atoms with van der Waals surface area (Å²) in [6.45, 7) is 3.03. The second kappa shape index (κ2) is 8.48. The molecule has 9 heteroatoms. The van der Waals surface area contributed by atoms with Gasteiger partial charge in [0.1, 0.15) is 22.8 Å². The Morgan fingerprint density at radius 3 is 2.40 bits per heavy atom. The van der Waals surface area contributed by atoms with Crippen LogP contribution in [0.25, 0.3) is 11.6 Å². The lowest BCUT2D eigenvalue weighted by molar-refractivity contribution is 0.0703. The van der Waals surface area contributed by atoms with E-state index >= 15 is 0 Å². The van der Waals surface area contributed by atoms with Gasteiger partial charge >= 0.3 is 0 Å². The Morgan fingerprint density at radius 2 is 1.80 bits per heavy atom. The van der Waals surface area contributed by atoms with Crippen LogP contribution in [0.4, 0.5) is 0 Å². The highest BCUT2D eigenvalue weighted by atomic mass is 16.5. The molecule has 3 heterocycles. The van der Waals surface area contributed by atoms with Gasteiger partial charge in [-0.25, -0.2) is 4.98 Å². The minimum atomic E-state index is -0.105. The molecule has 30 heavy (non-hydrogen) atoms. The maximum absolute atomic E-state index is 13.1. The predicted octanol–water partition coefficient (Wildman–Crippen LogP) is 2.87. The van der Waals surface area contributed by atoms with Gasteiger partial charge in [0.25, 0.3) is 11.8 Å². The molecule has 0 atom stereocenters. The van der Waals surface area contributed by atoms with Crippen LogP contribution in [0.5, 0.6) is 11.5 Å². The molecule has 156 valence electrons. The Kier molecular flexibility index (Phi) is 5.60. The largest absolute Gasteiger partial charge is 0.496 e. The summed E-state index contributed by atoms with van der Waals surface area (Å²) in [5.41, 5.74) is 1.82. The highest BCUT2D eigenvalue weighted by molar-refractivity contribution is 5.99. The number of methoxy groups -OCH3 is 2. The highest BCUT2D eigenvalue weighted by Crippen LogP contribution is 2.33. The van der Waals surface area contributed by atoms with E-state index in [0.29, 0.717) is 47.6 Å². The molecule has 0 aliphatic carbocycles. The molecular weight excluding hydrogens is 386 g/mol. The number of benzene rings is 1. The van der Waals surface area contributed by atoms with Gasteiger partial charge in [0.05, 0.1) is 26.1 Å². The zero-order chi connectivity index (χ0) is 21.1. The smallest absolute Gasteiger partial charge is 0.278 e. The van der Waals surface area contributed by atoms with Crippen LogP contribution >= 0.6 is 0 Å². The van der Waals surface area contributed by atoms with Gasteiger partial charge in [0.15, 0.2) is 5.82 Å². The molecule has 4 rings (SSSR count). The average molecular weight is 409 g/mol. The predicted molar refractivity (Wildman–Crippen MR) is 107 cm³/mol. The first kappa shape index (κ1) is 19.8. The lowest BCUT2D eigenvalue weighted by Crippen LogP contribution is -2.38. The van der Waals surface area contributed by atoms with Crippen molar-refractivity contribution in [1.82, 2.24) is 25.0 Å². The van der Waals surface area contributed by atoms with E-state index in [-0.39, 0.29) is 11.8 Å². The van der Waals surface area contributed by atoms with E-state index in [2.05, 4.69) is 20.1 Å². The second-order valence-electron chi connectivity index (χ2n) is 7.10. The summed E-state index contributed by atoms with van der Waals surface area (Å²) in [4.78, 5) is 27.9. The van der Waals surface area contributed by atoms with Gasteiger partial charge in [-0.15, -0.1) is 0 Å². The zero-order valence-corrected chi connectivity index (χ0v) is 17.2. The summed E-state index contributed by atoms with van der Waals surface area (Å²) in [6, 6.07) is 5.32. The maximum atomic E-state index is 13.1. The van der Waals surface area contributed by atoms with E-state index in [1.165, 1.54) is 0 Å². The number of hydrogen-bond acceptors (Lipinski definition) is 8. The minimum absolute atomic E-state index is 0.105. The number of hydrogen-bond donors (Lipinski definition) is 0. The standard InChI is InChI=1S/C21H23N5O4/c1-13-11-23-15(12-22-13)20-24-19(25-30-20)14-7-9-26(10-8-14)21(27)18-16(28-2)5-4-6-17(18)29-3/h4-6,11-12,14H,7-10H2,1-3H3. The van der Waals surface area contributed by atoms with Gasteiger partial charge in [-0.1, -0.05) is 11.2 Å². The van der Waals surface area contributed by atoms with Gasteiger partial charge in [-0.2, -0.15) is 4.98 Å². The van der Waals surface area contributed by atoms with Gasteiger partial charge in [-0.05, 0) is 31.9 Å². The Balaban J connectivity index is 1.45. The van der Waals surface area contributed by atoms with Crippen LogP contribution in [-0.4, -0.2) is 58.2 Å². The molecule has 1 aliphatic rings. The fourth-order valence-electron chi connectivity index (χ4n) is 3.57. The Hall–Kier alpha value is -3.49. The summed E-state index contributed by atoms with van der Waals surface area (Å²) in [5, 5.41) is 4.12. The lowest BCUT2D eigenvalue weighted by atomic mass is 9.95. The van der Waals surface area contributed by atoms with Gasteiger partial charge in [0.2, 0.25) is 0 Å². The van der Waals surface area contributed by atoms with Crippen molar-refractivity contribution in [3.05, 3.63) is 47.7 Å². The molecule has 2 aromatic heterocycles. The summed E-state index contributed by atoms with van der Waals surface area (Å²) >= 11 is 0. The van der Waals surface area contributed by atoms with Crippen molar-refractivity contribution >= 4 is 5.91 Å². The molecule has 0 saturated carbocycles. The number of likely N-dealkylation sites (tertiary alicyclic amines) is 1. The van der Waals surface area contributed by atoms with Crippen LogP contribution in [0.3, 0.4) is 0 Å². The molecule has 0 radical (unpaired) electrons. The second-order valence-corrected chi connectivity index (χ2v) is 7.10. The summed E-state index contributed by atoms with van der Waals surface area (Å²) in [5.74, 6) is 2.01. The quantitative estimate of drug-likeness (QED) is 0.634. The third-order valence-corrected chi connectivity index (χ3v) is 5.23. The van der Waals surface area contributed by atoms with E-state index in [4.69, 9.17) is 14.0 Å². The summed E-state index contributed by atoms with van der Waals surface area (Å²) < 4.78 is 16.1. The fourth-order valence-corrected chi connectivity index (χ4v) is 3.57. The number of carbonyl (C=O) groups is 1. The first-order valence-electron chi connectivity index (χ1n) is 9.73. The van der Waals surface area contributed by atoms with Gasteiger partial charge in [-0.3, -0.25) is 9.78 Å². The fraction of sp³-hybridized carbons (Fsp3) is 0.381. The first-order valence-corrected chi connectivity index (χ1v) is 9.73.